The Kier molecular flexibility index (Phi) is 1.15. The highest BCUT2D eigenvalue weighted by Gasteiger charge is 2.20. The van der Waals surface area contributed by atoms with Gasteiger partial charge in [-0.3, -0.25) is 9.59 Å². The standard InChI is InChI=1S/C4H4O2S/c5-3-1-7-2-4(3)6/h1-2H2. The Balaban J connectivity index is 2.65. The molecule has 3 heteroatoms. The van der Waals surface area contributed by atoms with Crippen LogP contribution < -0.4 is 0 Å². The van der Waals surface area contributed by atoms with Crippen LogP contribution in [0, 0.1) is 0 Å². The monoisotopic (exact) mass is 116 g/mol. The third kappa shape index (κ3) is 0.825. The number of hydrogen-bond acceptors (Lipinski definition) is 3. The minimum Gasteiger partial charge on any atom is -0.290 e. The first-order valence-electron chi connectivity index (χ1n) is 1.94. The summed E-state index contributed by atoms with van der Waals surface area (Å²) in [6.07, 6.45) is 0. The van der Waals surface area contributed by atoms with Gasteiger partial charge in [-0.15, -0.1) is 11.8 Å². The topological polar surface area (TPSA) is 34.1 Å². The van der Waals surface area contributed by atoms with Gasteiger partial charge >= 0.3 is 0 Å². The first-order valence-corrected chi connectivity index (χ1v) is 3.10. The lowest BCUT2D eigenvalue weighted by atomic mass is 10.3. The highest BCUT2D eigenvalue weighted by Crippen LogP contribution is 2.08. The average Bonchev–Trinajstić information content (AvgIpc) is 1.91. The molecule has 0 aromatic carbocycles. The molecule has 1 heterocycles. The van der Waals surface area contributed by atoms with E-state index in [0.717, 1.165) is 0 Å². The van der Waals surface area contributed by atoms with Crippen molar-refractivity contribution in [1.82, 2.24) is 0 Å². The lowest BCUT2D eigenvalue weighted by Gasteiger charge is -1.71. The molecule has 1 aliphatic heterocycles. The molecular weight excluding hydrogens is 112 g/mol. The molecule has 0 amide bonds. The van der Waals surface area contributed by atoms with Gasteiger partial charge in [-0.2, -0.15) is 0 Å². The van der Waals surface area contributed by atoms with E-state index in [-0.39, 0.29) is 11.6 Å². The molecule has 38 valence electrons. The lowest BCUT2D eigenvalue weighted by molar-refractivity contribution is -0.132. The first kappa shape index (κ1) is 4.84. The summed E-state index contributed by atoms with van der Waals surface area (Å²) < 4.78 is 0. The van der Waals surface area contributed by atoms with Crippen molar-refractivity contribution < 1.29 is 9.59 Å². The molecule has 0 unspecified atom stereocenters. The second-order valence-corrected chi connectivity index (χ2v) is 2.32. The molecule has 1 fully saturated rings. The lowest BCUT2D eigenvalue weighted by Crippen LogP contribution is -2.07. The first-order chi connectivity index (χ1) is 3.30. The SMILES string of the molecule is O=C1CSCC1=O. The summed E-state index contributed by atoms with van der Waals surface area (Å²) in [5, 5.41) is 0. The molecule has 2 nitrogen and oxygen atoms in total. The van der Waals surface area contributed by atoms with E-state index in [1.807, 2.05) is 0 Å². The van der Waals surface area contributed by atoms with Gasteiger partial charge in [0.25, 0.3) is 0 Å². The van der Waals surface area contributed by atoms with Crippen LogP contribution in [0.2, 0.25) is 0 Å². The molecule has 1 saturated heterocycles. The molecule has 0 N–H and O–H groups in total. The van der Waals surface area contributed by atoms with Crippen LogP contribution in [0.1, 0.15) is 0 Å². The summed E-state index contributed by atoms with van der Waals surface area (Å²) in [4.78, 5) is 20.4. The van der Waals surface area contributed by atoms with E-state index in [4.69, 9.17) is 0 Å². The van der Waals surface area contributed by atoms with E-state index in [0.29, 0.717) is 11.5 Å². The molecule has 0 aromatic heterocycles. The van der Waals surface area contributed by atoms with Crippen LogP contribution in [0.15, 0.2) is 0 Å². The highest BCUT2D eigenvalue weighted by atomic mass is 32.2. The third-order valence-electron chi connectivity index (χ3n) is 0.777. The molecule has 0 saturated carbocycles. The minimum absolute atomic E-state index is 0.218. The van der Waals surface area contributed by atoms with E-state index in [1.165, 1.54) is 11.8 Å². The Bertz CT molecular complexity index is 105. The molecule has 0 aliphatic carbocycles. The van der Waals surface area contributed by atoms with Gasteiger partial charge in [0.1, 0.15) is 0 Å². The van der Waals surface area contributed by atoms with Crippen molar-refractivity contribution in [2.24, 2.45) is 0 Å². The number of thioether (sulfide) groups is 1. The number of carbonyl (C=O) groups excluding carboxylic acids is 2. The molecule has 7 heavy (non-hydrogen) atoms. The van der Waals surface area contributed by atoms with Gasteiger partial charge in [0.2, 0.25) is 11.6 Å². The molecule has 1 rings (SSSR count). The summed E-state index contributed by atoms with van der Waals surface area (Å²) in [6, 6.07) is 0. The number of Topliss-reactive ketones (excluding diaryl/α,β-unsaturated/α-hetero) is 2. The highest BCUT2D eigenvalue weighted by molar-refractivity contribution is 8.01. The summed E-state index contributed by atoms with van der Waals surface area (Å²) >= 11 is 1.39. The molecule has 0 atom stereocenters. The van der Waals surface area contributed by atoms with E-state index in [1.54, 1.807) is 0 Å². The maximum absolute atomic E-state index is 10.2. The van der Waals surface area contributed by atoms with Crippen molar-refractivity contribution in [1.29, 1.82) is 0 Å². The summed E-state index contributed by atoms with van der Waals surface area (Å²) in [7, 11) is 0. The van der Waals surface area contributed by atoms with E-state index < -0.39 is 0 Å². The maximum Gasteiger partial charge on any atom is 0.209 e. The number of rotatable bonds is 0. The zero-order chi connectivity index (χ0) is 5.28. The van der Waals surface area contributed by atoms with Gasteiger partial charge in [0.15, 0.2) is 0 Å². The summed E-state index contributed by atoms with van der Waals surface area (Å²) in [5.74, 6) is 0.368. The summed E-state index contributed by atoms with van der Waals surface area (Å²) in [5.41, 5.74) is 0. The Morgan fingerprint density at radius 2 is 1.57 bits per heavy atom. The number of carbonyl (C=O) groups is 2. The maximum atomic E-state index is 10.2. The van der Waals surface area contributed by atoms with Crippen molar-refractivity contribution in [3.63, 3.8) is 0 Å². The van der Waals surface area contributed by atoms with Crippen molar-refractivity contribution in [3.8, 4) is 0 Å². The smallest absolute Gasteiger partial charge is 0.209 e. The fraction of sp³-hybridized carbons (Fsp3) is 0.500. The number of ketones is 2. The van der Waals surface area contributed by atoms with Crippen LogP contribution in [0.4, 0.5) is 0 Å². The van der Waals surface area contributed by atoms with Crippen LogP contribution in [0.5, 0.6) is 0 Å². The second kappa shape index (κ2) is 1.66. The Morgan fingerprint density at radius 3 is 1.71 bits per heavy atom. The van der Waals surface area contributed by atoms with Crippen LogP contribution >= 0.6 is 11.8 Å². The van der Waals surface area contributed by atoms with E-state index >= 15 is 0 Å². The molecule has 1 aliphatic rings. The van der Waals surface area contributed by atoms with Gasteiger partial charge < -0.3 is 0 Å². The van der Waals surface area contributed by atoms with Crippen molar-refractivity contribution in [3.05, 3.63) is 0 Å². The van der Waals surface area contributed by atoms with Crippen LogP contribution in [0.25, 0.3) is 0 Å². The largest absolute Gasteiger partial charge is 0.290 e. The zero-order valence-corrected chi connectivity index (χ0v) is 4.46. The molecule has 0 spiro atoms. The predicted octanol–water partition coefficient (Wildman–Crippen LogP) is -0.129. The Morgan fingerprint density at radius 1 is 1.14 bits per heavy atom. The minimum atomic E-state index is -0.218. The predicted molar refractivity (Wildman–Crippen MR) is 27.3 cm³/mol. The van der Waals surface area contributed by atoms with Crippen molar-refractivity contribution >= 4 is 23.3 Å². The molecule has 0 bridgehead atoms. The van der Waals surface area contributed by atoms with Gasteiger partial charge in [-0.1, -0.05) is 0 Å². The van der Waals surface area contributed by atoms with Gasteiger partial charge in [0, 0.05) is 0 Å². The zero-order valence-electron chi connectivity index (χ0n) is 3.64. The van der Waals surface area contributed by atoms with E-state index in [2.05, 4.69) is 0 Å². The summed E-state index contributed by atoms with van der Waals surface area (Å²) in [6.45, 7) is 0. The van der Waals surface area contributed by atoms with Gasteiger partial charge in [-0.05, 0) is 0 Å². The molecular formula is C4H4O2S. The molecule has 0 radical (unpaired) electrons. The van der Waals surface area contributed by atoms with Crippen molar-refractivity contribution in [2.45, 2.75) is 0 Å². The van der Waals surface area contributed by atoms with Crippen LogP contribution in [0.3, 0.4) is 0 Å². The van der Waals surface area contributed by atoms with Crippen LogP contribution in [-0.4, -0.2) is 23.1 Å². The van der Waals surface area contributed by atoms with Gasteiger partial charge in [-0.25, -0.2) is 0 Å². The average molecular weight is 116 g/mol. The second-order valence-electron chi connectivity index (χ2n) is 1.34. The van der Waals surface area contributed by atoms with Crippen LogP contribution in [-0.2, 0) is 9.59 Å². The third-order valence-corrected chi connectivity index (χ3v) is 1.71. The fourth-order valence-corrected chi connectivity index (χ4v) is 1.19. The van der Waals surface area contributed by atoms with Gasteiger partial charge in [0.05, 0.1) is 11.5 Å². The van der Waals surface area contributed by atoms with Crippen molar-refractivity contribution in [2.75, 3.05) is 11.5 Å². The quantitative estimate of drug-likeness (QED) is 0.413. The normalized spacial score (nSPS) is 21.1. The molecule has 0 aromatic rings. The number of hydrogen-bond donors (Lipinski definition) is 0. The Labute approximate surface area is 45.3 Å². The fourth-order valence-electron chi connectivity index (χ4n) is 0.397. The van der Waals surface area contributed by atoms with E-state index in [9.17, 15) is 9.59 Å². The Hall–Kier alpha value is -0.310.